The van der Waals surface area contributed by atoms with Gasteiger partial charge in [0.05, 0.1) is 6.10 Å². The number of halogens is 1. The van der Waals surface area contributed by atoms with Crippen LogP contribution in [0.3, 0.4) is 0 Å². The Morgan fingerprint density at radius 1 is 1.41 bits per heavy atom. The van der Waals surface area contributed by atoms with Crippen molar-refractivity contribution in [2.24, 2.45) is 11.8 Å². The Balaban J connectivity index is 2.44. The quantitative estimate of drug-likeness (QED) is 0.433. The van der Waals surface area contributed by atoms with Crippen molar-refractivity contribution in [3.63, 3.8) is 0 Å². The van der Waals surface area contributed by atoms with Gasteiger partial charge in [-0.25, -0.2) is 4.39 Å². The summed E-state index contributed by atoms with van der Waals surface area (Å²) in [6.45, 7) is 2.08. The first-order chi connectivity index (χ1) is 8.24. The van der Waals surface area contributed by atoms with Gasteiger partial charge in [0.25, 0.3) is 0 Å². The lowest BCUT2D eigenvalue weighted by Gasteiger charge is -2.21. The molecule has 1 saturated carbocycles. The molecule has 0 spiro atoms. The van der Waals surface area contributed by atoms with Crippen LogP contribution in [-0.2, 0) is 4.52 Å². The van der Waals surface area contributed by atoms with Crippen molar-refractivity contribution in [3.05, 3.63) is 12.2 Å². The summed E-state index contributed by atoms with van der Waals surface area (Å²) in [6.07, 6.45) is 7.93. The normalized spacial score (nSPS) is 33.6. The molecule has 1 rings (SSSR count). The minimum absolute atomic E-state index is 0.0806. The van der Waals surface area contributed by atoms with Crippen LogP contribution in [0.5, 0.6) is 0 Å². The Morgan fingerprint density at radius 2 is 2.18 bits per heavy atom. The Labute approximate surface area is 106 Å². The fraction of sp³-hybridized carbons (Fsp3) is 0.846. The van der Waals surface area contributed by atoms with Crippen molar-refractivity contribution < 1.29 is 14.0 Å². The van der Waals surface area contributed by atoms with Crippen LogP contribution < -0.4 is 0 Å². The minimum atomic E-state index is -0.931. The number of alkyl halides is 1. The fourth-order valence-electron chi connectivity index (χ4n) is 2.54. The minimum Gasteiger partial charge on any atom is -0.396 e. The van der Waals surface area contributed by atoms with Gasteiger partial charge in [-0.3, -0.25) is 0 Å². The van der Waals surface area contributed by atoms with Crippen LogP contribution in [0.25, 0.3) is 0 Å². The monoisotopic (exact) mass is 262 g/mol. The Bertz CT molecular complexity index is 235. The molecule has 0 saturated heterocycles. The Kier molecular flexibility index (Phi) is 7.26. The third-order valence-electron chi connectivity index (χ3n) is 3.63. The average Bonchev–Trinajstić information content (AvgIpc) is 2.64. The number of hydrogen-bond acceptors (Lipinski definition) is 2. The van der Waals surface area contributed by atoms with Crippen molar-refractivity contribution in [2.75, 3.05) is 6.61 Å². The van der Waals surface area contributed by atoms with Gasteiger partial charge in [0.1, 0.15) is 6.17 Å². The van der Waals surface area contributed by atoms with Gasteiger partial charge in [-0.15, -0.1) is 0 Å². The second-order valence-electron chi connectivity index (χ2n) is 4.79. The van der Waals surface area contributed by atoms with E-state index >= 15 is 0 Å². The van der Waals surface area contributed by atoms with E-state index in [1.165, 1.54) is 12.8 Å². The van der Waals surface area contributed by atoms with E-state index in [0.717, 1.165) is 12.8 Å². The molecule has 1 N–H and O–H groups in total. The lowest BCUT2D eigenvalue weighted by molar-refractivity contribution is 0.114. The van der Waals surface area contributed by atoms with E-state index in [1.54, 1.807) is 0 Å². The molecule has 1 aliphatic carbocycles. The van der Waals surface area contributed by atoms with Gasteiger partial charge in [-0.2, -0.15) is 0 Å². The van der Waals surface area contributed by atoms with Gasteiger partial charge in [-0.1, -0.05) is 31.9 Å². The first-order valence-corrected chi connectivity index (χ1v) is 6.97. The maximum Gasteiger partial charge on any atom is 0.108 e. The molecule has 5 unspecified atom stereocenters. The molecule has 0 heterocycles. The summed E-state index contributed by atoms with van der Waals surface area (Å²) in [5.74, 6) is -0.165. The molecule has 2 nitrogen and oxygen atoms in total. The summed E-state index contributed by atoms with van der Waals surface area (Å²) in [6, 6.07) is 0. The predicted molar refractivity (Wildman–Crippen MR) is 71.4 cm³/mol. The van der Waals surface area contributed by atoms with Crippen LogP contribution in [0.1, 0.15) is 39.0 Å². The van der Waals surface area contributed by atoms with Crippen LogP contribution in [0.2, 0.25) is 0 Å². The summed E-state index contributed by atoms with van der Waals surface area (Å²) in [7, 11) is 2.22. The largest absolute Gasteiger partial charge is 0.396 e. The maximum atomic E-state index is 13.6. The zero-order valence-electron chi connectivity index (χ0n) is 10.5. The number of allylic oxidation sites excluding steroid dienone is 2. The molecular weight excluding hydrogens is 238 g/mol. The van der Waals surface area contributed by atoms with Gasteiger partial charge < -0.3 is 9.63 Å². The first kappa shape index (κ1) is 15.1. The lowest BCUT2D eigenvalue weighted by Crippen LogP contribution is -2.23. The topological polar surface area (TPSA) is 29.5 Å². The van der Waals surface area contributed by atoms with Crippen LogP contribution in [0.15, 0.2) is 12.2 Å². The average molecular weight is 262 g/mol. The SMILES string of the molecule is CCCC/C=C/CC1C(OP)CC(F)C1CO. The van der Waals surface area contributed by atoms with Gasteiger partial charge in [0.15, 0.2) is 0 Å². The molecule has 1 aliphatic rings. The molecule has 0 aromatic carbocycles. The van der Waals surface area contributed by atoms with Crippen molar-refractivity contribution in [1.29, 1.82) is 0 Å². The van der Waals surface area contributed by atoms with E-state index in [1.807, 2.05) is 0 Å². The molecule has 0 aromatic rings. The number of aliphatic hydroxyl groups is 1. The molecule has 0 amide bonds. The van der Waals surface area contributed by atoms with E-state index in [-0.39, 0.29) is 24.5 Å². The van der Waals surface area contributed by atoms with E-state index in [2.05, 4.69) is 28.5 Å². The highest BCUT2D eigenvalue weighted by Crippen LogP contribution is 2.39. The molecule has 1 fully saturated rings. The summed E-state index contributed by atoms with van der Waals surface area (Å²) < 4.78 is 18.9. The van der Waals surface area contributed by atoms with Crippen molar-refractivity contribution in [3.8, 4) is 0 Å². The van der Waals surface area contributed by atoms with E-state index in [0.29, 0.717) is 6.42 Å². The number of aliphatic hydroxyl groups excluding tert-OH is 1. The van der Waals surface area contributed by atoms with Gasteiger partial charge >= 0.3 is 0 Å². The molecule has 0 aromatic heterocycles. The number of hydrogen-bond donors (Lipinski definition) is 1. The first-order valence-electron chi connectivity index (χ1n) is 6.50. The summed E-state index contributed by atoms with van der Waals surface area (Å²) >= 11 is 0. The molecule has 0 bridgehead atoms. The highest BCUT2D eigenvalue weighted by atomic mass is 31.0. The van der Waals surface area contributed by atoms with Crippen LogP contribution in [0, 0.1) is 11.8 Å². The second-order valence-corrected chi connectivity index (χ2v) is 5.06. The predicted octanol–water partition coefficient (Wildman–Crippen LogP) is 3.26. The zero-order chi connectivity index (χ0) is 12.7. The third kappa shape index (κ3) is 4.31. The summed E-state index contributed by atoms with van der Waals surface area (Å²) in [4.78, 5) is 0. The zero-order valence-corrected chi connectivity index (χ0v) is 11.7. The van der Waals surface area contributed by atoms with Crippen molar-refractivity contribution in [1.82, 2.24) is 0 Å². The van der Waals surface area contributed by atoms with Crippen LogP contribution >= 0.6 is 9.47 Å². The van der Waals surface area contributed by atoms with Gasteiger partial charge in [0.2, 0.25) is 0 Å². The maximum absolute atomic E-state index is 13.6. The molecule has 100 valence electrons. The fourth-order valence-corrected chi connectivity index (χ4v) is 2.85. The highest BCUT2D eigenvalue weighted by Gasteiger charge is 2.42. The standard InChI is InChI=1S/C13H24FO2P/c1-2-3-4-5-6-7-10-11(9-15)12(14)8-13(10)16-17/h5-6,10-13,15H,2-4,7-9,17H2,1H3/b6-5+. The molecule has 0 radical (unpaired) electrons. The van der Waals surface area contributed by atoms with Crippen LogP contribution in [0.4, 0.5) is 4.39 Å². The Morgan fingerprint density at radius 3 is 2.76 bits per heavy atom. The van der Waals surface area contributed by atoms with Crippen molar-refractivity contribution >= 4 is 9.47 Å². The summed E-state index contributed by atoms with van der Waals surface area (Å²) in [5, 5.41) is 9.23. The van der Waals surface area contributed by atoms with E-state index in [9.17, 15) is 9.50 Å². The van der Waals surface area contributed by atoms with Gasteiger partial charge in [-0.05, 0) is 18.8 Å². The van der Waals surface area contributed by atoms with Crippen LogP contribution in [-0.4, -0.2) is 24.0 Å². The summed E-state index contributed by atoms with van der Waals surface area (Å²) in [5.41, 5.74) is 0. The second kappa shape index (κ2) is 8.18. The third-order valence-corrected chi connectivity index (χ3v) is 3.98. The van der Waals surface area contributed by atoms with E-state index in [4.69, 9.17) is 4.52 Å². The molecular formula is C13H24FO2P. The molecule has 17 heavy (non-hydrogen) atoms. The van der Waals surface area contributed by atoms with E-state index < -0.39 is 6.17 Å². The Hall–Kier alpha value is 0.0200. The highest BCUT2D eigenvalue weighted by molar-refractivity contribution is 7.09. The smallest absolute Gasteiger partial charge is 0.108 e. The van der Waals surface area contributed by atoms with Gasteiger partial charge in [0, 0.05) is 28.4 Å². The molecule has 0 aliphatic heterocycles. The molecule has 5 atom stereocenters. The van der Waals surface area contributed by atoms with Crippen molar-refractivity contribution in [2.45, 2.75) is 51.3 Å². The number of unbranched alkanes of at least 4 members (excludes halogenated alkanes) is 2. The molecule has 4 heteroatoms. The lowest BCUT2D eigenvalue weighted by atomic mass is 9.91. The number of rotatable bonds is 7.